The highest BCUT2D eigenvalue weighted by Gasteiger charge is 2.04. The highest BCUT2D eigenvalue weighted by Crippen LogP contribution is 2.19. The molecule has 90 valence electrons. The third kappa shape index (κ3) is 2.04. The summed E-state index contributed by atoms with van der Waals surface area (Å²) < 4.78 is 2.30. The van der Waals surface area contributed by atoms with E-state index < -0.39 is 0 Å². The first-order valence-corrected chi connectivity index (χ1v) is 6.42. The summed E-state index contributed by atoms with van der Waals surface area (Å²) in [7, 11) is 2.16. The second-order valence-electron chi connectivity index (χ2n) is 4.74. The molecular formula is C17H17N. The molecule has 3 aromatic rings. The van der Waals surface area contributed by atoms with Gasteiger partial charge in [-0.2, -0.15) is 0 Å². The Balaban J connectivity index is 1.85. The molecule has 0 N–H and O–H groups in total. The van der Waals surface area contributed by atoms with Crippen molar-refractivity contribution in [2.24, 2.45) is 7.05 Å². The van der Waals surface area contributed by atoms with Crippen molar-refractivity contribution in [1.82, 2.24) is 4.57 Å². The van der Waals surface area contributed by atoms with Crippen molar-refractivity contribution >= 4 is 10.9 Å². The monoisotopic (exact) mass is 235 g/mol. The molecule has 1 nitrogen and oxygen atoms in total. The molecule has 0 aliphatic carbocycles. The van der Waals surface area contributed by atoms with Crippen molar-refractivity contribution in [3.63, 3.8) is 0 Å². The smallest absolute Gasteiger partial charge is 0.0479 e. The molecule has 0 atom stereocenters. The van der Waals surface area contributed by atoms with Crippen molar-refractivity contribution in [1.29, 1.82) is 0 Å². The molecule has 0 saturated heterocycles. The van der Waals surface area contributed by atoms with Gasteiger partial charge in [0.1, 0.15) is 0 Å². The number of aromatic nitrogens is 1. The molecule has 1 heterocycles. The summed E-state index contributed by atoms with van der Waals surface area (Å²) in [6.07, 6.45) is 2.19. The largest absolute Gasteiger partial charge is 0.348 e. The molecule has 1 heteroatoms. The molecule has 0 aliphatic heterocycles. The van der Waals surface area contributed by atoms with E-state index in [1.807, 2.05) is 0 Å². The van der Waals surface area contributed by atoms with Crippen molar-refractivity contribution in [2.45, 2.75) is 12.8 Å². The quantitative estimate of drug-likeness (QED) is 0.647. The van der Waals surface area contributed by atoms with Gasteiger partial charge in [-0.3, -0.25) is 0 Å². The predicted molar refractivity (Wildman–Crippen MR) is 76.8 cm³/mol. The van der Waals surface area contributed by atoms with E-state index in [0.29, 0.717) is 0 Å². The summed E-state index contributed by atoms with van der Waals surface area (Å²) in [5.74, 6) is 0. The molecule has 0 bridgehead atoms. The van der Waals surface area contributed by atoms with Crippen molar-refractivity contribution in [2.75, 3.05) is 0 Å². The van der Waals surface area contributed by atoms with Crippen molar-refractivity contribution in [3.05, 3.63) is 71.9 Å². The molecule has 0 saturated carbocycles. The average molecular weight is 235 g/mol. The molecule has 0 spiro atoms. The lowest BCUT2D eigenvalue weighted by Crippen LogP contribution is -1.98. The number of benzene rings is 2. The van der Waals surface area contributed by atoms with Gasteiger partial charge in [-0.15, -0.1) is 0 Å². The number of aryl methyl sites for hydroxylation is 3. The molecule has 0 unspecified atom stereocenters. The molecule has 18 heavy (non-hydrogen) atoms. The Hall–Kier alpha value is -2.02. The summed E-state index contributed by atoms with van der Waals surface area (Å²) in [5.41, 5.74) is 4.13. The fraction of sp³-hybridized carbons (Fsp3) is 0.176. The summed E-state index contributed by atoms with van der Waals surface area (Å²) in [6, 6.07) is 21.5. The van der Waals surface area contributed by atoms with E-state index in [9.17, 15) is 0 Å². The van der Waals surface area contributed by atoms with Gasteiger partial charge in [-0.25, -0.2) is 0 Å². The van der Waals surface area contributed by atoms with E-state index >= 15 is 0 Å². The zero-order chi connectivity index (χ0) is 12.4. The Bertz CT molecular complexity index is 650. The van der Waals surface area contributed by atoms with Crippen LogP contribution in [-0.2, 0) is 19.9 Å². The highest BCUT2D eigenvalue weighted by molar-refractivity contribution is 5.81. The maximum atomic E-state index is 2.30. The van der Waals surface area contributed by atoms with Gasteiger partial charge in [0.05, 0.1) is 0 Å². The van der Waals surface area contributed by atoms with Crippen LogP contribution >= 0.6 is 0 Å². The summed E-state index contributed by atoms with van der Waals surface area (Å²) in [6.45, 7) is 0. The third-order valence-corrected chi connectivity index (χ3v) is 3.56. The van der Waals surface area contributed by atoms with Crippen molar-refractivity contribution < 1.29 is 0 Å². The number of nitrogens with zero attached hydrogens (tertiary/aromatic N) is 1. The van der Waals surface area contributed by atoms with Crippen LogP contribution in [0.2, 0.25) is 0 Å². The first-order valence-electron chi connectivity index (χ1n) is 6.42. The maximum Gasteiger partial charge on any atom is 0.0479 e. The second-order valence-corrected chi connectivity index (χ2v) is 4.74. The zero-order valence-electron chi connectivity index (χ0n) is 10.6. The number of hydrogen-bond acceptors (Lipinski definition) is 0. The molecule has 2 aromatic carbocycles. The summed E-state index contributed by atoms with van der Waals surface area (Å²) in [4.78, 5) is 0. The van der Waals surface area contributed by atoms with Crippen LogP contribution in [0.3, 0.4) is 0 Å². The fourth-order valence-corrected chi connectivity index (χ4v) is 2.50. The van der Waals surface area contributed by atoms with Gasteiger partial charge in [-0.05, 0) is 35.9 Å². The normalized spacial score (nSPS) is 10.9. The number of rotatable bonds is 3. The minimum Gasteiger partial charge on any atom is -0.348 e. The van der Waals surface area contributed by atoms with Crippen LogP contribution in [-0.4, -0.2) is 4.57 Å². The van der Waals surface area contributed by atoms with Crippen LogP contribution in [0.25, 0.3) is 10.9 Å². The SMILES string of the molecule is Cn1c(CCc2ccccc2)cc2ccccc21. The van der Waals surface area contributed by atoms with Gasteiger partial charge in [0.25, 0.3) is 0 Å². The zero-order valence-corrected chi connectivity index (χ0v) is 10.6. The highest BCUT2D eigenvalue weighted by atomic mass is 14.9. The fourth-order valence-electron chi connectivity index (χ4n) is 2.50. The predicted octanol–water partition coefficient (Wildman–Crippen LogP) is 3.96. The van der Waals surface area contributed by atoms with E-state index in [1.54, 1.807) is 0 Å². The molecule has 0 fully saturated rings. The van der Waals surface area contributed by atoms with E-state index in [-0.39, 0.29) is 0 Å². The molecule has 0 amide bonds. The number of hydrogen-bond donors (Lipinski definition) is 0. The van der Waals surface area contributed by atoms with E-state index in [0.717, 1.165) is 12.8 Å². The topological polar surface area (TPSA) is 4.93 Å². The Kier molecular flexibility index (Phi) is 2.89. The van der Waals surface area contributed by atoms with Gasteiger partial charge in [-0.1, -0.05) is 48.5 Å². The standard InChI is InChI=1S/C17H17N/c1-18-16(12-11-14-7-3-2-4-8-14)13-15-9-5-6-10-17(15)18/h2-10,13H,11-12H2,1H3. The maximum absolute atomic E-state index is 2.30. The van der Waals surface area contributed by atoms with Gasteiger partial charge < -0.3 is 4.57 Å². The van der Waals surface area contributed by atoms with E-state index in [1.165, 1.54) is 22.2 Å². The van der Waals surface area contributed by atoms with Gasteiger partial charge >= 0.3 is 0 Å². The van der Waals surface area contributed by atoms with Gasteiger partial charge in [0.15, 0.2) is 0 Å². The Morgan fingerprint density at radius 3 is 2.33 bits per heavy atom. The van der Waals surface area contributed by atoms with Crippen LogP contribution in [0.15, 0.2) is 60.7 Å². The summed E-state index contributed by atoms with van der Waals surface area (Å²) >= 11 is 0. The van der Waals surface area contributed by atoms with Crippen LogP contribution in [0.1, 0.15) is 11.3 Å². The van der Waals surface area contributed by atoms with Gasteiger partial charge in [0, 0.05) is 18.3 Å². The third-order valence-electron chi connectivity index (χ3n) is 3.56. The van der Waals surface area contributed by atoms with Crippen LogP contribution < -0.4 is 0 Å². The van der Waals surface area contributed by atoms with Gasteiger partial charge in [0.2, 0.25) is 0 Å². The first-order chi connectivity index (χ1) is 8.84. The number of para-hydroxylation sites is 1. The molecule has 3 rings (SSSR count). The first kappa shape index (κ1) is 11.1. The Labute approximate surface area is 108 Å². The number of fused-ring (bicyclic) bond motifs is 1. The summed E-state index contributed by atoms with van der Waals surface area (Å²) in [5, 5.41) is 1.34. The Morgan fingerprint density at radius 1 is 0.833 bits per heavy atom. The molecule has 0 aliphatic rings. The van der Waals surface area contributed by atoms with E-state index in [2.05, 4.69) is 72.3 Å². The minimum atomic E-state index is 1.09. The van der Waals surface area contributed by atoms with Crippen LogP contribution in [0.4, 0.5) is 0 Å². The van der Waals surface area contributed by atoms with Crippen LogP contribution in [0.5, 0.6) is 0 Å². The Morgan fingerprint density at radius 2 is 1.56 bits per heavy atom. The minimum absolute atomic E-state index is 1.09. The van der Waals surface area contributed by atoms with Crippen molar-refractivity contribution in [3.8, 4) is 0 Å². The van der Waals surface area contributed by atoms with E-state index in [4.69, 9.17) is 0 Å². The molecule has 0 radical (unpaired) electrons. The van der Waals surface area contributed by atoms with Crippen LogP contribution in [0, 0.1) is 0 Å². The molecule has 1 aromatic heterocycles. The lowest BCUT2D eigenvalue weighted by Gasteiger charge is -2.04. The lowest BCUT2D eigenvalue weighted by atomic mass is 10.1. The average Bonchev–Trinajstić information content (AvgIpc) is 2.75. The lowest BCUT2D eigenvalue weighted by molar-refractivity contribution is 0.820. The second kappa shape index (κ2) is 4.69. The molecular weight excluding hydrogens is 218 g/mol.